The number of carbonyl (C=O) groups excluding carboxylic acids is 2. The van der Waals surface area contributed by atoms with Gasteiger partial charge in [-0.25, -0.2) is 0 Å². The number of carbonyl (C=O) groups is 2. The number of rotatable bonds is 5. The number of piperidine rings is 1. The third-order valence-electron chi connectivity index (χ3n) is 4.34. The van der Waals surface area contributed by atoms with Crippen molar-refractivity contribution in [3.05, 3.63) is 34.9 Å². The minimum Gasteiger partial charge on any atom is -0.383 e. The van der Waals surface area contributed by atoms with Gasteiger partial charge in [0, 0.05) is 42.7 Å². The largest absolute Gasteiger partial charge is 0.383 e. The van der Waals surface area contributed by atoms with Crippen molar-refractivity contribution in [1.82, 2.24) is 21.1 Å². The van der Waals surface area contributed by atoms with Gasteiger partial charge in [0.25, 0.3) is 5.91 Å². The molecular formula is C18H25ClN4O3S. The lowest BCUT2D eigenvalue weighted by Crippen LogP contribution is -2.52. The van der Waals surface area contributed by atoms with Gasteiger partial charge in [-0.05, 0) is 56.2 Å². The van der Waals surface area contributed by atoms with E-state index in [0.29, 0.717) is 48.2 Å². The van der Waals surface area contributed by atoms with Crippen molar-refractivity contribution < 1.29 is 14.3 Å². The maximum absolute atomic E-state index is 12.5. The van der Waals surface area contributed by atoms with Crippen LogP contribution in [-0.4, -0.2) is 54.7 Å². The number of thiocarbonyl (C=S) groups is 1. The molecule has 7 nitrogen and oxygen atoms in total. The number of benzene rings is 1. The Morgan fingerprint density at radius 2 is 1.89 bits per heavy atom. The van der Waals surface area contributed by atoms with Crippen LogP contribution in [0.2, 0.25) is 5.02 Å². The molecule has 1 aromatic rings. The lowest BCUT2D eigenvalue weighted by molar-refractivity contribution is -0.126. The number of hydrazine groups is 1. The number of amides is 2. The highest BCUT2D eigenvalue weighted by molar-refractivity contribution is 7.80. The minimum atomic E-state index is -0.161. The predicted octanol–water partition coefficient (Wildman–Crippen LogP) is 1.72. The molecule has 3 N–H and O–H groups in total. The molecule has 2 amide bonds. The fourth-order valence-corrected chi connectivity index (χ4v) is 3.27. The van der Waals surface area contributed by atoms with E-state index in [1.54, 1.807) is 36.3 Å². The van der Waals surface area contributed by atoms with E-state index in [1.807, 2.05) is 6.92 Å². The Kier molecular flexibility index (Phi) is 8.27. The van der Waals surface area contributed by atoms with E-state index in [9.17, 15) is 9.59 Å². The molecule has 1 aliphatic heterocycles. The van der Waals surface area contributed by atoms with Crippen LogP contribution in [0.1, 0.15) is 30.1 Å². The summed E-state index contributed by atoms with van der Waals surface area (Å²) < 4.78 is 5.02. The number of halogens is 1. The minimum absolute atomic E-state index is 0.0361. The quantitative estimate of drug-likeness (QED) is 0.504. The van der Waals surface area contributed by atoms with Crippen LogP contribution in [0.4, 0.5) is 0 Å². The van der Waals surface area contributed by atoms with Crippen molar-refractivity contribution in [3.8, 4) is 0 Å². The van der Waals surface area contributed by atoms with Gasteiger partial charge in [0.05, 0.1) is 6.61 Å². The number of hydrogen-bond acceptors (Lipinski definition) is 4. The Hall–Kier alpha value is -1.90. The van der Waals surface area contributed by atoms with Gasteiger partial charge in [-0.15, -0.1) is 0 Å². The molecule has 1 heterocycles. The molecule has 0 bridgehead atoms. The molecule has 2 rings (SSSR count). The zero-order chi connectivity index (χ0) is 19.8. The molecule has 1 aromatic carbocycles. The van der Waals surface area contributed by atoms with E-state index in [2.05, 4.69) is 16.2 Å². The summed E-state index contributed by atoms with van der Waals surface area (Å²) in [6.07, 6.45) is 1.21. The summed E-state index contributed by atoms with van der Waals surface area (Å²) in [7, 11) is 1.61. The molecule has 9 heteroatoms. The lowest BCUT2D eigenvalue weighted by atomic mass is 9.95. The highest BCUT2D eigenvalue weighted by Gasteiger charge is 2.27. The van der Waals surface area contributed by atoms with Gasteiger partial charge in [0.15, 0.2) is 5.11 Å². The first-order valence-corrected chi connectivity index (χ1v) is 9.59. The summed E-state index contributed by atoms with van der Waals surface area (Å²) in [5.74, 6) is -0.329. The summed E-state index contributed by atoms with van der Waals surface area (Å²) in [4.78, 5) is 26.6. The number of nitrogens with one attached hydrogen (secondary N) is 3. The van der Waals surface area contributed by atoms with Crippen LogP contribution < -0.4 is 16.2 Å². The monoisotopic (exact) mass is 412 g/mol. The molecule has 1 fully saturated rings. The zero-order valence-corrected chi connectivity index (χ0v) is 17.0. The van der Waals surface area contributed by atoms with E-state index in [-0.39, 0.29) is 23.8 Å². The van der Waals surface area contributed by atoms with Crippen LogP contribution in [0.5, 0.6) is 0 Å². The number of hydrogen-bond donors (Lipinski definition) is 3. The first kappa shape index (κ1) is 21.4. The van der Waals surface area contributed by atoms with Crippen molar-refractivity contribution in [1.29, 1.82) is 0 Å². The average molecular weight is 413 g/mol. The van der Waals surface area contributed by atoms with Gasteiger partial charge < -0.3 is 15.0 Å². The Morgan fingerprint density at radius 1 is 1.26 bits per heavy atom. The van der Waals surface area contributed by atoms with Crippen LogP contribution >= 0.6 is 23.8 Å². The highest BCUT2D eigenvalue weighted by atomic mass is 35.5. The number of likely N-dealkylation sites (tertiary alicyclic amines) is 1. The van der Waals surface area contributed by atoms with Gasteiger partial charge in [0.1, 0.15) is 0 Å². The lowest BCUT2D eigenvalue weighted by Gasteiger charge is -2.31. The Morgan fingerprint density at radius 3 is 2.48 bits per heavy atom. The standard InChI is InChI=1S/C18H25ClN4O3S/c1-12(11-26-2)20-18(27)22-21-16(24)13-7-9-23(10-8-13)17(25)14-3-5-15(19)6-4-14/h3-6,12-13H,7-11H2,1-2H3,(H,21,24)(H2,20,22,27)/t12-/m0/s1. The second kappa shape index (κ2) is 10.4. The normalized spacial score (nSPS) is 15.7. The van der Waals surface area contributed by atoms with Crippen LogP contribution in [0, 0.1) is 5.92 Å². The van der Waals surface area contributed by atoms with E-state index in [0.717, 1.165) is 0 Å². The van der Waals surface area contributed by atoms with Gasteiger partial charge in [-0.3, -0.25) is 20.4 Å². The second-order valence-corrected chi connectivity index (χ2v) is 7.36. The van der Waals surface area contributed by atoms with Gasteiger partial charge >= 0.3 is 0 Å². The van der Waals surface area contributed by atoms with Crippen molar-refractivity contribution in [3.63, 3.8) is 0 Å². The molecule has 0 unspecified atom stereocenters. The highest BCUT2D eigenvalue weighted by Crippen LogP contribution is 2.20. The van der Waals surface area contributed by atoms with Crippen LogP contribution in [0.3, 0.4) is 0 Å². The van der Waals surface area contributed by atoms with Crippen LogP contribution in [0.15, 0.2) is 24.3 Å². The third kappa shape index (κ3) is 6.64. The first-order chi connectivity index (χ1) is 12.9. The molecule has 1 aliphatic rings. The second-order valence-electron chi connectivity index (χ2n) is 6.52. The van der Waals surface area contributed by atoms with Crippen molar-refractivity contribution >= 4 is 40.7 Å². The molecule has 0 saturated carbocycles. The number of ether oxygens (including phenoxy) is 1. The van der Waals surface area contributed by atoms with Crippen molar-refractivity contribution in [2.24, 2.45) is 5.92 Å². The Bertz CT molecular complexity index is 663. The van der Waals surface area contributed by atoms with Crippen LogP contribution in [-0.2, 0) is 9.53 Å². The smallest absolute Gasteiger partial charge is 0.253 e. The van der Waals surface area contributed by atoms with E-state index < -0.39 is 0 Å². The molecule has 148 valence electrons. The van der Waals surface area contributed by atoms with Crippen molar-refractivity contribution in [2.75, 3.05) is 26.8 Å². The number of nitrogens with zero attached hydrogens (tertiary/aromatic N) is 1. The maximum Gasteiger partial charge on any atom is 0.253 e. The molecule has 1 atom stereocenters. The number of methoxy groups -OCH3 is 1. The van der Waals surface area contributed by atoms with Gasteiger partial charge in [-0.2, -0.15) is 0 Å². The summed E-state index contributed by atoms with van der Waals surface area (Å²) in [6, 6.07) is 6.86. The topological polar surface area (TPSA) is 82.7 Å². The molecular weight excluding hydrogens is 388 g/mol. The van der Waals surface area contributed by atoms with E-state index >= 15 is 0 Å². The molecule has 0 aliphatic carbocycles. The molecule has 1 saturated heterocycles. The fraction of sp³-hybridized carbons (Fsp3) is 0.500. The first-order valence-electron chi connectivity index (χ1n) is 8.81. The van der Waals surface area contributed by atoms with E-state index in [1.165, 1.54) is 0 Å². The average Bonchev–Trinajstić information content (AvgIpc) is 2.66. The van der Waals surface area contributed by atoms with Crippen molar-refractivity contribution in [2.45, 2.75) is 25.8 Å². The summed E-state index contributed by atoms with van der Waals surface area (Å²) in [5, 5.41) is 3.93. The fourth-order valence-electron chi connectivity index (χ4n) is 2.89. The summed E-state index contributed by atoms with van der Waals surface area (Å²) >= 11 is 11.0. The van der Waals surface area contributed by atoms with Gasteiger partial charge in [0.2, 0.25) is 5.91 Å². The Balaban J connectivity index is 1.74. The predicted molar refractivity (Wildman–Crippen MR) is 108 cm³/mol. The molecule has 0 spiro atoms. The summed E-state index contributed by atoms with van der Waals surface area (Å²) in [6.45, 7) is 3.50. The Labute approximate surface area is 169 Å². The third-order valence-corrected chi connectivity index (χ3v) is 4.81. The molecule has 0 aromatic heterocycles. The SMILES string of the molecule is COC[C@H](C)NC(=S)NNC(=O)C1CCN(C(=O)c2ccc(Cl)cc2)CC1. The molecule has 0 radical (unpaired) electrons. The summed E-state index contributed by atoms with van der Waals surface area (Å²) in [5.41, 5.74) is 5.94. The van der Waals surface area contributed by atoms with Crippen LogP contribution in [0.25, 0.3) is 0 Å². The molecule has 27 heavy (non-hydrogen) atoms. The maximum atomic E-state index is 12.5. The van der Waals surface area contributed by atoms with E-state index in [4.69, 9.17) is 28.6 Å². The van der Waals surface area contributed by atoms with Gasteiger partial charge in [-0.1, -0.05) is 11.6 Å². The zero-order valence-electron chi connectivity index (χ0n) is 15.5.